The largest absolute Gasteiger partial charge is 0.451 e. The highest BCUT2D eigenvalue weighted by molar-refractivity contribution is 5.73. The molecule has 0 saturated heterocycles. The number of hydrogen-bond acceptors (Lipinski definition) is 3. The first kappa shape index (κ1) is 9.57. The summed E-state index contributed by atoms with van der Waals surface area (Å²) in [6.07, 6.45) is 2.83. The van der Waals surface area contributed by atoms with Crippen LogP contribution >= 0.6 is 0 Å². The lowest BCUT2D eigenvalue weighted by atomic mass is 10.4. The molecule has 5 heteroatoms. The van der Waals surface area contributed by atoms with Crippen LogP contribution in [0.4, 0.5) is 4.79 Å². The van der Waals surface area contributed by atoms with Gasteiger partial charge in [0.05, 0.1) is 12.2 Å². The summed E-state index contributed by atoms with van der Waals surface area (Å²) in [7, 11) is 0. The summed E-state index contributed by atoms with van der Waals surface area (Å²) >= 11 is 0. The number of nitrogens with one attached hydrogen (secondary N) is 2. The van der Waals surface area contributed by atoms with Gasteiger partial charge in [-0.25, -0.2) is 9.78 Å². The van der Waals surface area contributed by atoms with Crippen molar-refractivity contribution in [2.24, 2.45) is 0 Å². The zero-order chi connectivity index (χ0) is 9.68. The van der Waals surface area contributed by atoms with Crippen molar-refractivity contribution in [2.75, 3.05) is 0 Å². The quantitative estimate of drug-likeness (QED) is 0.731. The first-order valence-corrected chi connectivity index (χ1v) is 4.10. The van der Waals surface area contributed by atoms with Crippen LogP contribution in [0.2, 0.25) is 0 Å². The van der Waals surface area contributed by atoms with Gasteiger partial charge in [-0.3, -0.25) is 0 Å². The molecule has 0 fully saturated rings. The number of nitrogens with zero attached hydrogens (tertiary/aromatic N) is 1. The standard InChI is InChI=1S/C8H13N3O2/c1-6(2)11-8(12)9-3-7-4-13-5-10-7/h4-6H,3H2,1-2H3,(H2,9,11,12). The molecule has 0 aliphatic rings. The SMILES string of the molecule is CC(C)NC(=O)NCc1cocn1. The van der Waals surface area contributed by atoms with Crippen molar-refractivity contribution in [3.05, 3.63) is 18.4 Å². The van der Waals surface area contributed by atoms with Gasteiger partial charge >= 0.3 is 6.03 Å². The fraction of sp³-hybridized carbons (Fsp3) is 0.500. The second kappa shape index (κ2) is 4.49. The smallest absolute Gasteiger partial charge is 0.315 e. The molecule has 0 spiro atoms. The van der Waals surface area contributed by atoms with Crippen LogP contribution in [0.1, 0.15) is 19.5 Å². The third-order valence-corrected chi connectivity index (χ3v) is 1.33. The molecule has 0 bridgehead atoms. The highest BCUT2D eigenvalue weighted by Gasteiger charge is 2.02. The molecule has 1 rings (SSSR count). The Hall–Kier alpha value is -1.52. The third-order valence-electron chi connectivity index (χ3n) is 1.33. The van der Waals surface area contributed by atoms with Crippen molar-refractivity contribution in [3.63, 3.8) is 0 Å². The predicted molar refractivity (Wildman–Crippen MR) is 47.0 cm³/mol. The molecule has 0 aromatic carbocycles. The molecule has 0 unspecified atom stereocenters. The summed E-state index contributed by atoms with van der Waals surface area (Å²) in [4.78, 5) is 14.9. The zero-order valence-electron chi connectivity index (χ0n) is 7.70. The van der Waals surface area contributed by atoms with E-state index >= 15 is 0 Å². The Labute approximate surface area is 76.5 Å². The van der Waals surface area contributed by atoms with E-state index in [0.717, 1.165) is 0 Å². The molecule has 1 aromatic rings. The van der Waals surface area contributed by atoms with Crippen LogP contribution in [0, 0.1) is 0 Å². The van der Waals surface area contributed by atoms with Gasteiger partial charge in [0.1, 0.15) is 6.26 Å². The summed E-state index contributed by atoms with van der Waals surface area (Å²) in [6, 6.07) is -0.0599. The van der Waals surface area contributed by atoms with Gasteiger partial charge in [-0.15, -0.1) is 0 Å². The number of carbonyl (C=O) groups excluding carboxylic acids is 1. The Morgan fingerprint density at radius 2 is 2.46 bits per heavy atom. The van der Waals surface area contributed by atoms with E-state index in [4.69, 9.17) is 4.42 Å². The molecular weight excluding hydrogens is 170 g/mol. The minimum absolute atomic E-state index is 0.136. The first-order chi connectivity index (χ1) is 6.18. The summed E-state index contributed by atoms with van der Waals surface area (Å²) < 4.78 is 4.75. The highest BCUT2D eigenvalue weighted by atomic mass is 16.3. The Bertz CT molecular complexity index is 256. The van der Waals surface area contributed by atoms with Gasteiger partial charge < -0.3 is 15.1 Å². The first-order valence-electron chi connectivity index (χ1n) is 4.10. The molecule has 2 amide bonds. The van der Waals surface area contributed by atoms with Gasteiger partial charge in [-0.05, 0) is 13.8 Å². The Kier molecular flexibility index (Phi) is 3.31. The number of oxazole rings is 1. The van der Waals surface area contributed by atoms with Crippen molar-refractivity contribution in [1.29, 1.82) is 0 Å². The van der Waals surface area contributed by atoms with Gasteiger partial charge in [-0.2, -0.15) is 0 Å². The molecule has 1 aromatic heterocycles. The average molecular weight is 183 g/mol. The normalized spacial score (nSPS) is 10.1. The van der Waals surface area contributed by atoms with E-state index in [2.05, 4.69) is 15.6 Å². The van der Waals surface area contributed by atoms with Gasteiger partial charge in [0.15, 0.2) is 6.39 Å². The zero-order valence-corrected chi connectivity index (χ0v) is 7.70. The van der Waals surface area contributed by atoms with Gasteiger partial charge in [0.25, 0.3) is 0 Å². The molecule has 1 heterocycles. The summed E-state index contributed by atoms with van der Waals surface area (Å²) in [5, 5.41) is 5.34. The minimum atomic E-state index is -0.196. The van der Waals surface area contributed by atoms with Crippen molar-refractivity contribution in [2.45, 2.75) is 26.4 Å². The van der Waals surface area contributed by atoms with E-state index in [0.29, 0.717) is 12.2 Å². The number of carbonyl (C=O) groups is 1. The van der Waals surface area contributed by atoms with E-state index in [1.807, 2.05) is 13.8 Å². The molecular formula is C8H13N3O2. The number of amides is 2. The second-order valence-corrected chi connectivity index (χ2v) is 2.96. The molecule has 0 radical (unpaired) electrons. The summed E-state index contributed by atoms with van der Waals surface area (Å²) in [5.41, 5.74) is 0.707. The molecule has 0 aliphatic carbocycles. The molecule has 5 nitrogen and oxygen atoms in total. The van der Waals surface area contributed by atoms with Crippen molar-refractivity contribution < 1.29 is 9.21 Å². The van der Waals surface area contributed by atoms with Crippen LogP contribution < -0.4 is 10.6 Å². The number of aromatic nitrogens is 1. The van der Waals surface area contributed by atoms with E-state index in [-0.39, 0.29) is 12.1 Å². The average Bonchev–Trinajstić information content (AvgIpc) is 2.51. The second-order valence-electron chi connectivity index (χ2n) is 2.96. The van der Waals surface area contributed by atoms with Crippen molar-refractivity contribution in [1.82, 2.24) is 15.6 Å². The highest BCUT2D eigenvalue weighted by Crippen LogP contribution is 1.92. The summed E-state index contributed by atoms with van der Waals surface area (Å²) in [5.74, 6) is 0. The topological polar surface area (TPSA) is 67.2 Å². The lowest BCUT2D eigenvalue weighted by Gasteiger charge is -2.08. The molecule has 0 saturated carbocycles. The van der Waals surface area contributed by atoms with Crippen molar-refractivity contribution in [3.8, 4) is 0 Å². The molecule has 13 heavy (non-hydrogen) atoms. The van der Waals surface area contributed by atoms with Gasteiger partial charge in [-0.1, -0.05) is 0 Å². The number of rotatable bonds is 3. The lowest BCUT2D eigenvalue weighted by molar-refractivity contribution is 0.238. The monoisotopic (exact) mass is 183 g/mol. The lowest BCUT2D eigenvalue weighted by Crippen LogP contribution is -2.39. The fourth-order valence-electron chi connectivity index (χ4n) is 0.809. The molecule has 2 N–H and O–H groups in total. The predicted octanol–water partition coefficient (Wildman–Crippen LogP) is 0.882. The summed E-state index contributed by atoms with van der Waals surface area (Å²) in [6.45, 7) is 4.18. The Balaban J connectivity index is 2.23. The third kappa shape index (κ3) is 3.59. The maximum atomic E-state index is 11.1. The molecule has 0 atom stereocenters. The maximum absolute atomic E-state index is 11.1. The van der Waals surface area contributed by atoms with E-state index in [1.165, 1.54) is 12.7 Å². The van der Waals surface area contributed by atoms with Crippen LogP contribution in [0.25, 0.3) is 0 Å². The molecule has 0 aliphatic heterocycles. The van der Waals surface area contributed by atoms with Crippen LogP contribution in [0.3, 0.4) is 0 Å². The Morgan fingerprint density at radius 3 is 3.00 bits per heavy atom. The van der Waals surface area contributed by atoms with Gasteiger partial charge in [0.2, 0.25) is 0 Å². The number of urea groups is 1. The fourth-order valence-corrected chi connectivity index (χ4v) is 0.809. The van der Waals surface area contributed by atoms with E-state index < -0.39 is 0 Å². The maximum Gasteiger partial charge on any atom is 0.315 e. The van der Waals surface area contributed by atoms with E-state index in [1.54, 1.807) is 0 Å². The van der Waals surface area contributed by atoms with Crippen LogP contribution in [-0.4, -0.2) is 17.1 Å². The van der Waals surface area contributed by atoms with Crippen LogP contribution in [0.5, 0.6) is 0 Å². The number of hydrogen-bond donors (Lipinski definition) is 2. The van der Waals surface area contributed by atoms with Gasteiger partial charge in [0, 0.05) is 6.04 Å². The van der Waals surface area contributed by atoms with Crippen molar-refractivity contribution >= 4 is 6.03 Å². The van der Waals surface area contributed by atoms with Crippen LogP contribution in [0.15, 0.2) is 17.1 Å². The van der Waals surface area contributed by atoms with E-state index in [9.17, 15) is 4.79 Å². The minimum Gasteiger partial charge on any atom is -0.451 e. The molecule has 72 valence electrons. The Morgan fingerprint density at radius 1 is 1.69 bits per heavy atom. The van der Waals surface area contributed by atoms with Crippen LogP contribution in [-0.2, 0) is 6.54 Å².